The van der Waals surface area contributed by atoms with E-state index in [4.69, 9.17) is 5.26 Å². The van der Waals surface area contributed by atoms with Crippen LogP contribution < -0.4 is 5.32 Å². The molecule has 0 aliphatic heterocycles. The molecule has 3 nitrogen and oxygen atoms in total. The zero-order valence-corrected chi connectivity index (χ0v) is 7.84. The number of nitriles is 1. The minimum Gasteiger partial charge on any atom is -0.337 e. The standard InChI is InChI=1S/C10H14N2O/c1-8(7-11)12-10(13)6-9-4-2-3-5-9/h6,8H,2-5H2,1H3,(H,12,13)/t8-/m0/s1. The molecule has 0 unspecified atom stereocenters. The van der Waals surface area contributed by atoms with Crippen molar-refractivity contribution in [1.29, 1.82) is 5.26 Å². The lowest BCUT2D eigenvalue weighted by molar-refractivity contribution is -0.116. The van der Waals surface area contributed by atoms with Crippen LogP contribution in [0.15, 0.2) is 11.6 Å². The predicted molar refractivity (Wildman–Crippen MR) is 49.8 cm³/mol. The summed E-state index contributed by atoms with van der Waals surface area (Å²) in [4.78, 5) is 11.2. The lowest BCUT2D eigenvalue weighted by Crippen LogP contribution is -2.29. The Labute approximate surface area is 78.4 Å². The van der Waals surface area contributed by atoms with Crippen molar-refractivity contribution in [3.8, 4) is 6.07 Å². The van der Waals surface area contributed by atoms with Gasteiger partial charge in [0.15, 0.2) is 0 Å². The summed E-state index contributed by atoms with van der Waals surface area (Å²) >= 11 is 0. The number of carbonyl (C=O) groups is 1. The summed E-state index contributed by atoms with van der Waals surface area (Å²) in [5.74, 6) is -0.133. The second-order valence-electron chi connectivity index (χ2n) is 3.37. The number of nitrogens with one attached hydrogen (secondary N) is 1. The average Bonchev–Trinajstić information content (AvgIpc) is 2.56. The smallest absolute Gasteiger partial charge is 0.244 e. The average molecular weight is 178 g/mol. The fraction of sp³-hybridized carbons (Fsp3) is 0.600. The van der Waals surface area contributed by atoms with Gasteiger partial charge in [-0.25, -0.2) is 0 Å². The van der Waals surface area contributed by atoms with Gasteiger partial charge >= 0.3 is 0 Å². The molecule has 0 heterocycles. The van der Waals surface area contributed by atoms with Crippen molar-refractivity contribution >= 4 is 5.91 Å². The highest BCUT2D eigenvalue weighted by atomic mass is 16.1. The molecule has 1 amide bonds. The summed E-state index contributed by atoms with van der Waals surface area (Å²) in [5, 5.41) is 11.0. The van der Waals surface area contributed by atoms with Gasteiger partial charge in [-0.15, -0.1) is 0 Å². The third kappa shape index (κ3) is 3.29. The molecule has 1 N–H and O–H groups in total. The van der Waals surface area contributed by atoms with E-state index in [1.807, 2.05) is 6.07 Å². The molecule has 1 rings (SSSR count). The first kappa shape index (κ1) is 9.79. The molecule has 0 aromatic rings. The fourth-order valence-corrected chi connectivity index (χ4v) is 1.45. The van der Waals surface area contributed by atoms with Gasteiger partial charge in [0.2, 0.25) is 5.91 Å². The Balaban J connectivity index is 2.41. The summed E-state index contributed by atoms with van der Waals surface area (Å²) in [6.07, 6.45) is 6.09. The van der Waals surface area contributed by atoms with Gasteiger partial charge in [0.1, 0.15) is 6.04 Å². The fourth-order valence-electron chi connectivity index (χ4n) is 1.45. The number of carbonyl (C=O) groups excluding carboxylic acids is 1. The molecule has 0 spiro atoms. The van der Waals surface area contributed by atoms with Gasteiger partial charge in [-0.1, -0.05) is 5.57 Å². The molecule has 0 radical (unpaired) electrons. The van der Waals surface area contributed by atoms with Crippen LogP contribution in [0, 0.1) is 11.3 Å². The largest absolute Gasteiger partial charge is 0.337 e. The number of amides is 1. The number of hydrogen-bond donors (Lipinski definition) is 1. The highest BCUT2D eigenvalue weighted by Crippen LogP contribution is 2.23. The summed E-state index contributed by atoms with van der Waals surface area (Å²) in [5.41, 5.74) is 1.21. The highest BCUT2D eigenvalue weighted by molar-refractivity contribution is 5.88. The zero-order chi connectivity index (χ0) is 9.68. The van der Waals surface area contributed by atoms with E-state index in [1.165, 1.54) is 18.4 Å². The van der Waals surface area contributed by atoms with Crippen LogP contribution in [0.5, 0.6) is 0 Å². The molecular weight excluding hydrogens is 164 g/mol. The summed E-state index contributed by atoms with van der Waals surface area (Å²) in [7, 11) is 0. The highest BCUT2D eigenvalue weighted by Gasteiger charge is 2.09. The third-order valence-corrected chi connectivity index (χ3v) is 2.13. The number of hydrogen-bond acceptors (Lipinski definition) is 2. The van der Waals surface area contributed by atoms with E-state index in [1.54, 1.807) is 13.0 Å². The van der Waals surface area contributed by atoms with Crippen molar-refractivity contribution in [3.63, 3.8) is 0 Å². The number of allylic oxidation sites excluding steroid dienone is 1. The summed E-state index contributed by atoms with van der Waals surface area (Å²) in [6, 6.07) is 1.56. The Kier molecular flexibility index (Phi) is 3.51. The maximum absolute atomic E-state index is 11.2. The van der Waals surface area contributed by atoms with Crippen LogP contribution in [-0.2, 0) is 4.79 Å². The van der Waals surface area contributed by atoms with Crippen LogP contribution in [0.1, 0.15) is 32.6 Å². The minimum absolute atomic E-state index is 0.133. The summed E-state index contributed by atoms with van der Waals surface area (Å²) in [6.45, 7) is 1.67. The van der Waals surface area contributed by atoms with Crippen molar-refractivity contribution in [2.75, 3.05) is 0 Å². The van der Waals surface area contributed by atoms with Crippen molar-refractivity contribution in [1.82, 2.24) is 5.32 Å². The Morgan fingerprint density at radius 1 is 1.62 bits per heavy atom. The zero-order valence-electron chi connectivity index (χ0n) is 7.84. The van der Waals surface area contributed by atoms with E-state index < -0.39 is 6.04 Å². The van der Waals surface area contributed by atoms with Gasteiger partial charge in [-0.3, -0.25) is 4.79 Å². The van der Waals surface area contributed by atoms with E-state index in [0.717, 1.165) is 12.8 Å². The van der Waals surface area contributed by atoms with E-state index in [0.29, 0.717) is 0 Å². The van der Waals surface area contributed by atoms with Crippen molar-refractivity contribution in [3.05, 3.63) is 11.6 Å². The van der Waals surface area contributed by atoms with Crippen LogP contribution >= 0.6 is 0 Å². The maximum atomic E-state index is 11.2. The van der Waals surface area contributed by atoms with E-state index in [-0.39, 0.29) is 5.91 Å². The maximum Gasteiger partial charge on any atom is 0.244 e. The lowest BCUT2D eigenvalue weighted by atomic mass is 10.2. The molecule has 3 heteroatoms. The van der Waals surface area contributed by atoms with Gasteiger partial charge in [-0.2, -0.15) is 5.26 Å². The third-order valence-electron chi connectivity index (χ3n) is 2.13. The SMILES string of the molecule is C[C@@H](C#N)NC(=O)C=C1CCCC1. The Morgan fingerprint density at radius 2 is 2.23 bits per heavy atom. The van der Waals surface area contributed by atoms with Gasteiger partial charge in [0.25, 0.3) is 0 Å². The van der Waals surface area contributed by atoms with Crippen molar-refractivity contribution in [2.45, 2.75) is 38.6 Å². The lowest BCUT2D eigenvalue weighted by Gasteiger charge is -2.03. The van der Waals surface area contributed by atoms with Gasteiger partial charge in [0.05, 0.1) is 6.07 Å². The minimum atomic E-state index is -0.397. The van der Waals surface area contributed by atoms with Crippen LogP contribution in [-0.4, -0.2) is 11.9 Å². The molecule has 0 aromatic carbocycles. The molecule has 70 valence electrons. The Bertz CT molecular complexity index is 255. The predicted octanol–water partition coefficient (Wildman–Crippen LogP) is 1.52. The molecule has 1 saturated carbocycles. The van der Waals surface area contributed by atoms with Gasteiger partial charge in [0, 0.05) is 6.08 Å². The van der Waals surface area contributed by atoms with Crippen LogP contribution in [0.25, 0.3) is 0 Å². The molecule has 13 heavy (non-hydrogen) atoms. The van der Waals surface area contributed by atoms with Crippen molar-refractivity contribution in [2.24, 2.45) is 0 Å². The molecule has 1 aliphatic rings. The first-order valence-electron chi connectivity index (χ1n) is 4.62. The second kappa shape index (κ2) is 4.66. The van der Waals surface area contributed by atoms with E-state index in [9.17, 15) is 4.79 Å². The van der Waals surface area contributed by atoms with Gasteiger partial charge < -0.3 is 5.32 Å². The first-order chi connectivity index (χ1) is 6.22. The quantitative estimate of drug-likeness (QED) is 0.652. The van der Waals surface area contributed by atoms with E-state index >= 15 is 0 Å². The van der Waals surface area contributed by atoms with Gasteiger partial charge in [-0.05, 0) is 32.6 Å². The molecular formula is C10H14N2O. The van der Waals surface area contributed by atoms with Crippen LogP contribution in [0.3, 0.4) is 0 Å². The first-order valence-corrected chi connectivity index (χ1v) is 4.62. The Hall–Kier alpha value is -1.30. The second-order valence-corrected chi connectivity index (χ2v) is 3.37. The van der Waals surface area contributed by atoms with Crippen molar-refractivity contribution < 1.29 is 4.79 Å². The number of nitrogens with zero attached hydrogens (tertiary/aromatic N) is 1. The molecule has 1 aliphatic carbocycles. The number of rotatable bonds is 2. The topological polar surface area (TPSA) is 52.9 Å². The van der Waals surface area contributed by atoms with Crippen LogP contribution in [0.2, 0.25) is 0 Å². The van der Waals surface area contributed by atoms with E-state index in [2.05, 4.69) is 5.32 Å². The molecule has 0 saturated heterocycles. The normalized spacial score (nSPS) is 17.7. The van der Waals surface area contributed by atoms with Crippen LogP contribution in [0.4, 0.5) is 0 Å². The molecule has 1 fully saturated rings. The molecule has 0 bridgehead atoms. The molecule has 1 atom stereocenters. The Morgan fingerprint density at radius 3 is 2.77 bits per heavy atom. The summed E-state index contributed by atoms with van der Waals surface area (Å²) < 4.78 is 0. The molecule has 0 aromatic heterocycles. The monoisotopic (exact) mass is 178 g/mol.